The minimum absolute atomic E-state index is 0.574. The van der Waals surface area contributed by atoms with Crippen LogP contribution in [0.15, 0.2) is 0 Å². The van der Waals surface area contributed by atoms with Crippen molar-refractivity contribution in [3.8, 4) is 11.8 Å². The molecule has 0 atom stereocenters. The molecule has 2 nitrogen and oxygen atoms in total. The molecule has 96 valence electrons. The lowest BCUT2D eigenvalue weighted by atomic mass is 10.2. The topological polar surface area (TPSA) is 12.5 Å². The van der Waals surface area contributed by atoms with Gasteiger partial charge in [0.25, 0.3) is 0 Å². The largest absolute Gasteiger partial charge is 0.369 e. The highest BCUT2D eigenvalue weighted by molar-refractivity contribution is 4.94. The van der Waals surface area contributed by atoms with Gasteiger partial charge in [-0.2, -0.15) is 0 Å². The van der Waals surface area contributed by atoms with Gasteiger partial charge in [-0.3, -0.25) is 0 Å². The number of rotatable bonds is 7. The molecule has 0 amide bonds. The Kier molecular flexibility index (Phi) is 16.2. The molecule has 0 fully saturated rings. The van der Waals surface area contributed by atoms with Crippen LogP contribution in [0.3, 0.4) is 0 Å². The molecule has 0 aromatic rings. The zero-order chi connectivity index (χ0) is 12.8. The van der Waals surface area contributed by atoms with Gasteiger partial charge in [-0.05, 0) is 26.3 Å². The molecule has 0 rings (SSSR count). The molecule has 0 saturated heterocycles. The first kappa shape index (κ1) is 17.9. The summed E-state index contributed by atoms with van der Waals surface area (Å²) in [5, 5.41) is 0. The average molecular weight is 227 g/mol. The van der Waals surface area contributed by atoms with Gasteiger partial charge in [0.1, 0.15) is 6.61 Å². The maximum absolute atomic E-state index is 5.33. The smallest absolute Gasteiger partial charge is 0.107 e. The number of nitrogens with zero attached hydrogens (tertiary/aromatic N) is 1. The van der Waals surface area contributed by atoms with Gasteiger partial charge in [-0.1, -0.05) is 33.6 Å². The lowest BCUT2D eigenvalue weighted by molar-refractivity contribution is 0.150. The van der Waals surface area contributed by atoms with Gasteiger partial charge in [0.2, 0.25) is 0 Å². The van der Waals surface area contributed by atoms with E-state index in [1.165, 1.54) is 0 Å². The third-order valence-electron chi connectivity index (χ3n) is 1.86. The summed E-state index contributed by atoms with van der Waals surface area (Å²) in [6.07, 6.45) is 1.09. The minimum Gasteiger partial charge on any atom is -0.369 e. The van der Waals surface area contributed by atoms with Gasteiger partial charge in [-0.15, -0.1) is 5.92 Å². The van der Waals surface area contributed by atoms with Crippen molar-refractivity contribution in [2.45, 2.75) is 41.0 Å². The van der Waals surface area contributed by atoms with Crippen LogP contribution >= 0.6 is 0 Å². The second-order valence-corrected chi connectivity index (χ2v) is 3.99. The Hall–Kier alpha value is -0.520. The zero-order valence-electron chi connectivity index (χ0n) is 12.0. The lowest BCUT2D eigenvalue weighted by Gasteiger charge is -2.18. The van der Waals surface area contributed by atoms with E-state index in [2.05, 4.69) is 37.6 Å². The van der Waals surface area contributed by atoms with E-state index in [1.807, 2.05) is 20.8 Å². The molecular weight excluding hydrogens is 198 g/mol. The van der Waals surface area contributed by atoms with Crippen molar-refractivity contribution in [1.29, 1.82) is 0 Å². The first-order valence-electron chi connectivity index (χ1n) is 6.32. The van der Waals surface area contributed by atoms with E-state index in [4.69, 9.17) is 4.74 Å². The van der Waals surface area contributed by atoms with Crippen LogP contribution in [-0.2, 0) is 4.74 Å². The van der Waals surface area contributed by atoms with Crippen LogP contribution in [-0.4, -0.2) is 38.3 Å². The third-order valence-corrected chi connectivity index (χ3v) is 1.86. The summed E-state index contributed by atoms with van der Waals surface area (Å²) < 4.78 is 5.33. The summed E-state index contributed by atoms with van der Waals surface area (Å²) in [6.45, 7) is 14.0. The molecule has 0 aromatic carbocycles. The van der Waals surface area contributed by atoms with Crippen LogP contribution in [0.2, 0.25) is 0 Å². The van der Waals surface area contributed by atoms with Crippen molar-refractivity contribution in [2.75, 3.05) is 33.4 Å². The molecule has 0 aromatic heterocycles. The Labute approximate surface area is 102 Å². The molecule has 0 spiro atoms. The molecule has 0 unspecified atom stereocenters. The van der Waals surface area contributed by atoms with E-state index in [0.29, 0.717) is 6.61 Å². The summed E-state index contributed by atoms with van der Waals surface area (Å²) in [5.74, 6) is 6.43. The van der Waals surface area contributed by atoms with E-state index in [1.54, 1.807) is 0 Å². The molecule has 0 N–H and O–H groups in total. The molecule has 2 heteroatoms. The number of ether oxygens (including phenoxy) is 1. The van der Waals surface area contributed by atoms with Crippen molar-refractivity contribution in [3.63, 3.8) is 0 Å². The van der Waals surface area contributed by atoms with Crippen LogP contribution in [0.1, 0.15) is 41.0 Å². The molecule has 0 radical (unpaired) electrons. The maximum Gasteiger partial charge on any atom is 0.107 e. The highest BCUT2D eigenvalue weighted by Crippen LogP contribution is 1.96. The van der Waals surface area contributed by atoms with Gasteiger partial charge in [-0.25, -0.2) is 0 Å². The summed E-state index contributed by atoms with van der Waals surface area (Å²) in [7, 11) is 2.16. The first-order chi connectivity index (χ1) is 7.66. The maximum atomic E-state index is 5.33. The summed E-state index contributed by atoms with van der Waals surface area (Å²) in [4.78, 5) is 2.35. The van der Waals surface area contributed by atoms with E-state index in [9.17, 15) is 0 Å². The molecule has 0 heterocycles. The van der Waals surface area contributed by atoms with Crippen LogP contribution in [0.4, 0.5) is 0 Å². The normalized spacial score (nSPS) is 9.50. The Bertz CT molecular complexity index is 179. The summed E-state index contributed by atoms with van der Waals surface area (Å²) in [6, 6.07) is 0. The van der Waals surface area contributed by atoms with Gasteiger partial charge in [0.15, 0.2) is 0 Å². The van der Waals surface area contributed by atoms with Crippen LogP contribution < -0.4 is 0 Å². The molecule has 0 saturated carbocycles. The van der Waals surface area contributed by atoms with Gasteiger partial charge < -0.3 is 9.64 Å². The van der Waals surface area contributed by atoms with E-state index in [0.717, 1.165) is 32.0 Å². The van der Waals surface area contributed by atoms with Gasteiger partial charge >= 0.3 is 0 Å². The zero-order valence-corrected chi connectivity index (χ0v) is 12.0. The predicted molar refractivity (Wildman–Crippen MR) is 72.6 cm³/mol. The van der Waals surface area contributed by atoms with Crippen molar-refractivity contribution < 1.29 is 4.74 Å². The Morgan fingerprint density at radius 2 is 1.88 bits per heavy atom. The summed E-state index contributed by atoms with van der Waals surface area (Å²) >= 11 is 0. The third kappa shape index (κ3) is 15.9. The lowest BCUT2D eigenvalue weighted by Crippen LogP contribution is -2.25. The van der Waals surface area contributed by atoms with Crippen LogP contribution in [0.5, 0.6) is 0 Å². The summed E-state index contributed by atoms with van der Waals surface area (Å²) in [5.41, 5.74) is 0. The second kappa shape index (κ2) is 14.5. The van der Waals surface area contributed by atoms with E-state index >= 15 is 0 Å². The van der Waals surface area contributed by atoms with E-state index < -0.39 is 0 Å². The van der Waals surface area contributed by atoms with Crippen molar-refractivity contribution >= 4 is 0 Å². The number of hydrogen-bond donors (Lipinski definition) is 0. The predicted octanol–water partition coefficient (Wildman–Crippen LogP) is 3.03. The van der Waals surface area contributed by atoms with Crippen molar-refractivity contribution in [3.05, 3.63) is 0 Å². The minimum atomic E-state index is 0.574. The molecule has 16 heavy (non-hydrogen) atoms. The Balaban J connectivity index is 0. The fraction of sp³-hybridized carbons (Fsp3) is 0.857. The van der Waals surface area contributed by atoms with Crippen LogP contribution in [0.25, 0.3) is 0 Å². The van der Waals surface area contributed by atoms with Crippen molar-refractivity contribution in [1.82, 2.24) is 4.90 Å². The van der Waals surface area contributed by atoms with Gasteiger partial charge in [0.05, 0.1) is 0 Å². The Morgan fingerprint density at radius 1 is 1.25 bits per heavy atom. The highest BCUT2D eigenvalue weighted by atomic mass is 16.5. The fourth-order valence-electron chi connectivity index (χ4n) is 1.35. The molecular formula is C14H29NO. The molecule has 0 aliphatic carbocycles. The Morgan fingerprint density at radius 3 is 2.38 bits per heavy atom. The van der Waals surface area contributed by atoms with Crippen molar-refractivity contribution in [2.24, 2.45) is 5.92 Å². The average Bonchev–Trinajstić information content (AvgIpc) is 2.25. The second-order valence-electron chi connectivity index (χ2n) is 3.99. The van der Waals surface area contributed by atoms with E-state index in [-0.39, 0.29) is 0 Å². The highest BCUT2D eigenvalue weighted by Gasteiger charge is 2.00. The standard InChI is InChI=1S/C12H23NO.C2H6/c1-5-6-9-14-10-7-8-13(4)11-12(2)3;1-2/h12H,7-11H2,1-4H3;1-2H3. The molecule has 0 aliphatic rings. The molecule has 0 aliphatic heterocycles. The number of hydrogen-bond acceptors (Lipinski definition) is 2. The SMILES string of the molecule is CC.CC#CCOCCCN(C)CC(C)C. The quantitative estimate of drug-likeness (QED) is 0.489. The molecule has 0 bridgehead atoms. The first-order valence-corrected chi connectivity index (χ1v) is 6.32. The monoisotopic (exact) mass is 227 g/mol. The van der Waals surface area contributed by atoms with Gasteiger partial charge in [0, 0.05) is 19.7 Å². The van der Waals surface area contributed by atoms with Crippen LogP contribution in [0, 0.1) is 17.8 Å². The fourth-order valence-corrected chi connectivity index (χ4v) is 1.35.